The first kappa shape index (κ1) is 30.2. The van der Waals surface area contributed by atoms with Crippen LogP contribution in [0.5, 0.6) is 0 Å². The van der Waals surface area contributed by atoms with Crippen molar-refractivity contribution in [1.29, 1.82) is 0 Å². The van der Waals surface area contributed by atoms with E-state index in [2.05, 4.69) is 44.2 Å². The molecular weight excluding hydrogens is 564 g/mol. The molecule has 43 heavy (non-hydrogen) atoms. The molecule has 4 aromatic rings. The van der Waals surface area contributed by atoms with Crippen molar-refractivity contribution >= 4 is 34.9 Å². The number of nitrogens with one attached hydrogen (secondary N) is 2. The van der Waals surface area contributed by atoms with Gasteiger partial charge in [0.05, 0.1) is 6.04 Å². The highest BCUT2D eigenvalue weighted by atomic mass is 32.1. The number of thiocarbonyl (C=S) groups is 1. The number of hydrogen-bond donors (Lipinski definition) is 2. The topological polar surface area (TPSA) is 68.7 Å². The van der Waals surface area contributed by atoms with E-state index in [4.69, 9.17) is 17.2 Å². The molecule has 2 N–H and O–H groups in total. The highest BCUT2D eigenvalue weighted by Gasteiger charge is 2.28. The summed E-state index contributed by atoms with van der Waals surface area (Å²) >= 11 is 5.66. The first-order valence-corrected chi connectivity index (χ1v) is 14.6. The maximum atomic E-state index is 13.8. The molecule has 1 aromatic heterocycles. The summed E-state index contributed by atoms with van der Waals surface area (Å²) in [6, 6.07) is 20.8. The average Bonchev–Trinajstić information content (AvgIpc) is 2.97. The number of rotatable bonds is 5. The SMILES string of the molecule is Cc1cc(C)nc(N/C(=N/C(=S)Nc2ccc(C)c(C)c2)N2CCN(C(c3ccc(F)cc3)c3ccc(F)cc3)CC2)n1. The Balaban J connectivity index is 1.39. The van der Waals surface area contributed by atoms with Gasteiger partial charge in [0, 0.05) is 43.3 Å². The van der Waals surface area contributed by atoms with E-state index < -0.39 is 0 Å². The van der Waals surface area contributed by atoms with Crippen LogP contribution in [-0.2, 0) is 0 Å². The standard InChI is InChI=1S/C33H35F2N7S/c1-21-5-14-29(19-22(21)2)38-33(43)40-32(39-31-36-23(3)20-24(4)37-31)42-17-15-41(16-18-42)30(25-6-10-27(34)11-7-25)26-8-12-28(35)13-9-26/h5-14,19-20,30H,15-18H2,1-4H3,(H2,36,37,38,39,40,43). The van der Waals surface area contributed by atoms with Crippen LogP contribution in [0.4, 0.5) is 20.4 Å². The summed E-state index contributed by atoms with van der Waals surface area (Å²) in [7, 11) is 0. The lowest BCUT2D eigenvalue weighted by Gasteiger charge is -2.40. The van der Waals surface area contributed by atoms with Gasteiger partial charge in [-0.3, -0.25) is 10.2 Å². The third kappa shape index (κ3) is 7.77. The predicted molar refractivity (Wildman–Crippen MR) is 172 cm³/mol. The smallest absolute Gasteiger partial charge is 0.229 e. The van der Waals surface area contributed by atoms with Crippen molar-refractivity contribution in [1.82, 2.24) is 19.8 Å². The van der Waals surface area contributed by atoms with Gasteiger partial charge < -0.3 is 10.2 Å². The number of piperazine rings is 1. The predicted octanol–water partition coefficient (Wildman–Crippen LogP) is 6.56. The van der Waals surface area contributed by atoms with Crippen LogP contribution in [0, 0.1) is 39.3 Å². The maximum Gasteiger partial charge on any atom is 0.229 e. The minimum Gasteiger partial charge on any atom is -0.340 e. The highest BCUT2D eigenvalue weighted by molar-refractivity contribution is 7.80. The summed E-state index contributed by atoms with van der Waals surface area (Å²) < 4.78 is 27.6. The molecule has 7 nitrogen and oxygen atoms in total. The summed E-state index contributed by atoms with van der Waals surface area (Å²) in [4.78, 5) is 18.3. The van der Waals surface area contributed by atoms with Gasteiger partial charge >= 0.3 is 0 Å². The lowest BCUT2D eigenvalue weighted by atomic mass is 9.96. The van der Waals surface area contributed by atoms with Gasteiger partial charge in [0.25, 0.3) is 0 Å². The van der Waals surface area contributed by atoms with Crippen molar-refractivity contribution in [2.45, 2.75) is 33.7 Å². The van der Waals surface area contributed by atoms with Crippen LogP contribution in [0.3, 0.4) is 0 Å². The van der Waals surface area contributed by atoms with Gasteiger partial charge in [-0.25, -0.2) is 18.7 Å². The number of aliphatic imine (C=N–C) groups is 1. The molecule has 1 aliphatic rings. The fourth-order valence-electron chi connectivity index (χ4n) is 5.22. The van der Waals surface area contributed by atoms with Crippen molar-refractivity contribution in [2.75, 3.05) is 36.8 Å². The maximum absolute atomic E-state index is 13.8. The zero-order valence-corrected chi connectivity index (χ0v) is 25.6. The monoisotopic (exact) mass is 599 g/mol. The second kappa shape index (κ2) is 13.4. The first-order chi connectivity index (χ1) is 20.6. The van der Waals surface area contributed by atoms with Crippen LogP contribution in [0.1, 0.15) is 39.7 Å². The van der Waals surface area contributed by atoms with Gasteiger partial charge in [0.2, 0.25) is 17.0 Å². The minimum atomic E-state index is -0.294. The quantitative estimate of drug-likeness (QED) is 0.153. The van der Waals surface area contributed by atoms with E-state index >= 15 is 0 Å². The lowest BCUT2D eigenvalue weighted by molar-refractivity contribution is 0.150. The first-order valence-electron chi connectivity index (χ1n) is 14.2. The second-order valence-corrected chi connectivity index (χ2v) is 11.2. The molecule has 1 saturated heterocycles. The molecule has 0 spiro atoms. The van der Waals surface area contributed by atoms with Gasteiger partial charge in [-0.2, -0.15) is 4.99 Å². The number of aromatic nitrogens is 2. The molecule has 0 amide bonds. The van der Waals surface area contributed by atoms with E-state index in [1.54, 1.807) is 24.3 Å². The molecule has 0 bridgehead atoms. The van der Waals surface area contributed by atoms with Crippen LogP contribution in [0.2, 0.25) is 0 Å². The van der Waals surface area contributed by atoms with Gasteiger partial charge in [0.1, 0.15) is 11.6 Å². The average molecular weight is 600 g/mol. The molecule has 0 saturated carbocycles. The molecule has 222 valence electrons. The van der Waals surface area contributed by atoms with Gasteiger partial charge in [-0.05, 0) is 105 Å². The van der Waals surface area contributed by atoms with Crippen molar-refractivity contribution in [3.05, 3.63) is 118 Å². The highest BCUT2D eigenvalue weighted by Crippen LogP contribution is 2.30. The van der Waals surface area contributed by atoms with E-state index in [1.807, 2.05) is 38.1 Å². The largest absolute Gasteiger partial charge is 0.340 e. The third-order valence-corrected chi connectivity index (χ3v) is 7.72. The van der Waals surface area contributed by atoms with Crippen LogP contribution in [0.25, 0.3) is 0 Å². The number of anilines is 2. The molecular formula is C33H35F2N7S. The molecule has 0 atom stereocenters. The zero-order chi connectivity index (χ0) is 30.5. The van der Waals surface area contributed by atoms with E-state index in [-0.39, 0.29) is 17.7 Å². The Labute approximate surface area is 256 Å². The molecule has 1 aliphatic heterocycles. The Hall–Kier alpha value is -4.28. The fourth-order valence-corrected chi connectivity index (χ4v) is 5.43. The molecule has 0 aliphatic carbocycles. The second-order valence-electron chi connectivity index (χ2n) is 10.8. The zero-order valence-electron chi connectivity index (χ0n) is 24.7. The van der Waals surface area contributed by atoms with Gasteiger partial charge in [-0.1, -0.05) is 30.3 Å². The van der Waals surface area contributed by atoms with Crippen molar-refractivity contribution < 1.29 is 8.78 Å². The van der Waals surface area contributed by atoms with Gasteiger partial charge in [-0.15, -0.1) is 0 Å². The molecule has 10 heteroatoms. The van der Waals surface area contributed by atoms with E-state index in [0.717, 1.165) is 33.8 Å². The van der Waals surface area contributed by atoms with Crippen LogP contribution in [-0.4, -0.2) is 57.0 Å². The molecule has 2 heterocycles. The number of nitrogens with zero attached hydrogens (tertiary/aromatic N) is 5. The summed E-state index contributed by atoms with van der Waals surface area (Å²) in [6.07, 6.45) is 0. The molecule has 0 radical (unpaired) electrons. The summed E-state index contributed by atoms with van der Waals surface area (Å²) in [5, 5.41) is 6.86. The Morgan fingerprint density at radius 2 is 1.30 bits per heavy atom. The number of aryl methyl sites for hydroxylation is 4. The van der Waals surface area contributed by atoms with Crippen LogP contribution >= 0.6 is 12.2 Å². The van der Waals surface area contributed by atoms with E-state index in [0.29, 0.717) is 43.2 Å². The van der Waals surface area contributed by atoms with Crippen LogP contribution in [0.15, 0.2) is 77.8 Å². The summed E-state index contributed by atoms with van der Waals surface area (Å²) in [5.74, 6) is 0.406. The van der Waals surface area contributed by atoms with Crippen molar-refractivity contribution in [3.8, 4) is 0 Å². The fraction of sp³-hybridized carbons (Fsp3) is 0.273. The normalized spacial score (nSPS) is 14.2. The van der Waals surface area contributed by atoms with Gasteiger partial charge in [0.15, 0.2) is 0 Å². The Morgan fingerprint density at radius 3 is 1.84 bits per heavy atom. The Morgan fingerprint density at radius 1 is 0.744 bits per heavy atom. The van der Waals surface area contributed by atoms with Crippen molar-refractivity contribution in [2.24, 2.45) is 4.99 Å². The summed E-state index contributed by atoms with van der Waals surface area (Å²) in [5.41, 5.74) is 6.79. The number of guanidine groups is 1. The Bertz CT molecular complexity index is 1550. The molecule has 5 rings (SSSR count). The number of halogens is 2. The number of benzene rings is 3. The third-order valence-electron chi connectivity index (χ3n) is 7.52. The number of hydrogen-bond acceptors (Lipinski definition) is 4. The Kier molecular flexibility index (Phi) is 9.37. The summed E-state index contributed by atoms with van der Waals surface area (Å²) in [6.45, 7) is 10.6. The van der Waals surface area contributed by atoms with Crippen LogP contribution < -0.4 is 10.6 Å². The molecule has 0 unspecified atom stereocenters. The van der Waals surface area contributed by atoms with E-state index in [9.17, 15) is 8.78 Å². The van der Waals surface area contributed by atoms with Crippen molar-refractivity contribution in [3.63, 3.8) is 0 Å². The molecule has 3 aromatic carbocycles. The lowest BCUT2D eigenvalue weighted by Crippen LogP contribution is -2.52. The molecule has 1 fully saturated rings. The minimum absolute atomic E-state index is 0.160. The van der Waals surface area contributed by atoms with E-state index in [1.165, 1.54) is 29.8 Å².